The van der Waals surface area contributed by atoms with Crippen molar-refractivity contribution >= 4 is 28.3 Å². The molecule has 1 aromatic heterocycles. The summed E-state index contributed by atoms with van der Waals surface area (Å²) in [5.74, 6) is -0.493. The van der Waals surface area contributed by atoms with Crippen LogP contribution in [-0.4, -0.2) is 21.9 Å². The van der Waals surface area contributed by atoms with Crippen LogP contribution in [0, 0.1) is 6.92 Å². The first kappa shape index (κ1) is 12.8. The van der Waals surface area contributed by atoms with Gasteiger partial charge in [-0.15, -0.1) is 0 Å². The van der Waals surface area contributed by atoms with Gasteiger partial charge < -0.3 is 16.3 Å². The van der Waals surface area contributed by atoms with Gasteiger partial charge in [-0.1, -0.05) is 23.4 Å². The number of hydrogen-bond donors (Lipinski definition) is 3. The summed E-state index contributed by atoms with van der Waals surface area (Å²) in [5.41, 5.74) is 7.48. The van der Waals surface area contributed by atoms with Crippen LogP contribution in [0.3, 0.4) is 0 Å². The molecule has 6 nitrogen and oxygen atoms in total. The van der Waals surface area contributed by atoms with E-state index >= 15 is 0 Å². The molecule has 0 aliphatic heterocycles. The minimum Gasteiger partial charge on any atom is -0.409 e. The SMILES string of the molecule is Cc1ccc2cccc(NC(=O)CC(N)=NO)c2n1. The highest BCUT2D eigenvalue weighted by atomic mass is 16.4. The molecule has 1 aromatic carbocycles. The number of aromatic nitrogens is 1. The molecule has 0 aliphatic rings. The lowest BCUT2D eigenvalue weighted by molar-refractivity contribution is -0.115. The Morgan fingerprint density at radius 1 is 1.42 bits per heavy atom. The molecule has 1 amide bonds. The van der Waals surface area contributed by atoms with E-state index in [0.29, 0.717) is 5.69 Å². The van der Waals surface area contributed by atoms with Crippen molar-refractivity contribution in [3.05, 3.63) is 36.0 Å². The Labute approximate surface area is 109 Å². The van der Waals surface area contributed by atoms with E-state index < -0.39 is 0 Å². The maximum Gasteiger partial charge on any atom is 0.232 e. The second kappa shape index (κ2) is 5.34. The molecule has 0 fully saturated rings. The minimum atomic E-state index is -0.355. The molecule has 0 aliphatic carbocycles. The predicted octanol–water partition coefficient (Wildman–Crippen LogP) is 1.62. The zero-order valence-corrected chi connectivity index (χ0v) is 10.4. The zero-order valence-electron chi connectivity index (χ0n) is 10.4. The van der Waals surface area contributed by atoms with Crippen LogP contribution in [0.1, 0.15) is 12.1 Å². The maximum atomic E-state index is 11.7. The van der Waals surface area contributed by atoms with Crippen molar-refractivity contribution in [3.63, 3.8) is 0 Å². The molecule has 4 N–H and O–H groups in total. The molecule has 2 rings (SSSR count). The second-order valence-corrected chi connectivity index (χ2v) is 4.15. The normalized spacial score (nSPS) is 11.5. The molecular weight excluding hydrogens is 244 g/mol. The standard InChI is InChI=1S/C13H14N4O2/c1-8-5-6-9-3-2-4-10(13(9)15-8)16-12(18)7-11(14)17-19/h2-6,19H,7H2,1H3,(H2,14,17)(H,16,18). The third-order valence-electron chi connectivity index (χ3n) is 2.60. The van der Waals surface area contributed by atoms with Gasteiger partial charge >= 0.3 is 0 Å². The van der Waals surface area contributed by atoms with Gasteiger partial charge in [0.25, 0.3) is 0 Å². The molecule has 0 bridgehead atoms. The average Bonchev–Trinajstić information content (AvgIpc) is 2.39. The number of rotatable bonds is 3. The van der Waals surface area contributed by atoms with E-state index in [-0.39, 0.29) is 18.2 Å². The number of anilines is 1. The number of carbonyl (C=O) groups is 1. The summed E-state index contributed by atoms with van der Waals surface area (Å²) in [7, 11) is 0. The molecule has 6 heteroatoms. The van der Waals surface area contributed by atoms with Crippen LogP contribution in [0.15, 0.2) is 35.5 Å². The van der Waals surface area contributed by atoms with E-state index in [0.717, 1.165) is 16.6 Å². The number of amides is 1. The number of benzene rings is 1. The molecule has 0 saturated heterocycles. The summed E-state index contributed by atoms with van der Waals surface area (Å²) >= 11 is 0. The highest BCUT2D eigenvalue weighted by molar-refractivity contribution is 6.07. The van der Waals surface area contributed by atoms with Crippen LogP contribution in [0.2, 0.25) is 0 Å². The van der Waals surface area contributed by atoms with E-state index in [1.165, 1.54) is 0 Å². The van der Waals surface area contributed by atoms with Gasteiger partial charge in [0.1, 0.15) is 5.84 Å². The number of fused-ring (bicyclic) bond motifs is 1. The van der Waals surface area contributed by atoms with Gasteiger partial charge in [-0.25, -0.2) is 0 Å². The lowest BCUT2D eigenvalue weighted by atomic mass is 10.1. The molecule has 19 heavy (non-hydrogen) atoms. The molecule has 98 valence electrons. The van der Waals surface area contributed by atoms with Crippen molar-refractivity contribution in [2.75, 3.05) is 5.32 Å². The molecule has 0 saturated carbocycles. The Morgan fingerprint density at radius 2 is 2.21 bits per heavy atom. The van der Waals surface area contributed by atoms with E-state index in [2.05, 4.69) is 15.5 Å². The number of aryl methyl sites for hydroxylation is 1. The van der Waals surface area contributed by atoms with Gasteiger partial charge in [-0.3, -0.25) is 9.78 Å². The third kappa shape index (κ3) is 2.98. The quantitative estimate of drug-likeness (QED) is 0.337. The molecule has 0 unspecified atom stereocenters. The molecule has 0 spiro atoms. The topological polar surface area (TPSA) is 101 Å². The van der Waals surface area contributed by atoms with Gasteiger partial charge in [-0.05, 0) is 19.1 Å². The first-order chi connectivity index (χ1) is 9.10. The van der Waals surface area contributed by atoms with Gasteiger partial charge in [-0.2, -0.15) is 0 Å². The van der Waals surface area contributed by atoms with Crippen molar-refractivity contribution in [2.24, 2.45) is 10.9 Å². The number of carbonyl (C=O) groups excluding carboxylic acids is 1. The van der Waals surface area contributed by atoms with Gasteiger partial charge in [0, 0.05) is 11.1 Å². The number of amidine groups is 1. The average molecular weight is 258 g/mol. The summed E-state index contributed by atoms with van der Waals surface area (Å²) in [6.45, 7) is 1.88. The van der Waals surface area contributed by atoms with Crippen LogP contribution in [-0.2, 0) is 4.79 Å². The zero-order chi connectivity index (χ0) is 13.8. The van der Waals surface area contributed by atoms with E-state index in [1.807, 2.05) is 31.2 Å². The van der Waals surface area contributed by atoms with Crippen LogP contribution < -0.4 is 11.1 Å². The fourth-order valence-corrected chi connectivity index (χ4v) is 1.74. The molecule has 0 radical (unpaired) electrons. The van der Waals surface area contributed by atoms with E-state index in [4.69, 9.17) is 10.9 Å². The number of pyridine rings is 1. The summed E-state index contributed by atoms with van der Waals surface area (Å²) in [6.07, 6.45) is -0.168. The van der Waals surface area contributed by atoms with Crippen molar-refractivity contribution in [1.82, 2.24) is 4.98 Å². The van der Waals surface area contributed by atoms with Crippen LogP contribution in [0.25, 0.3) is 10.9 Å². The highest BCUT2D eigenvalue weighted by Crippen LogP contribution is 2.21. The van der Waals surface area contributed by atoms with Crippen molar-refractivity contribution in [3.8, 4) is 0 Å². The Kier molecular flexibility index (Phi) is 3.61. The van der Waals surface area contributed by atoms with E-state index in [9.17, 15) is 4.79 Å². The first-order valence-corrected chi connectivity index (χ1v) is 5.73. The fraction of sp³-hybridized carbons (Fsp3) is 0.154. The lowest BCUT2D eigenvalue weighted by Crippen LogP contribution is -2.22. The van der Waals surface area contributed by atoms with Crippen LogP contribution in [0.4, 0.5) is 5.69 Å². The number of nitrogens with zero attached hydrogens (tertiary/aromatic N) is 2. The number of nitrogens with one attached hydrogen (secondary N) is 1. The fourth-order valence-electron chi connectivity index (χ4n) is 1.74. The molecular formula is C13H14N4O2. The molecule has 2 aromatic rings. The Bertz CT molecular complexity index is 652. The Hall–Kier alpha value is -2.63. The van der Waals surface area contributed by atoms with Crippen molar-refractivity contribution in [1.29, 1.82) is 0 Å². The number of nitrogens with two attached hydrogens (primary N) is 1. The van der Waals surface area contributed by atoms with Crippen LogP contribution in [0.5, 0.6) is 0 Å². The van der Waals surface area contributed by atoms with Crippen LogP contribution >= 0.6 is 0 Å². The Morgan fingerprint density at radius 3 is 2.95 bits per heavy atom. The van der Waals surface area contributed by atoms with Gasteiger partial charge in [0.05, 0.1) is 17.6 Å². The summed E-state index contributed by atoms with van der Waals surface area (Å²) in [4.78, 5) is 16.1. The maximum absolute atomic E-state index is 11.7. The lowest BCUT2D eigenvalue weighted by Gasteiger charge is -2.08. The van der Waals surface area contributed by atoms with E-state index in [1.54, 1.807) is 6.07 Å². The smallest absolute Gasteiger partial charge is 0.232 e. The summed E-state index contributed by atoms with van der Waals surface area (Å²) < 4.78 is 0. The summed E-state index contributed by atoms with van der Waals surface area (Å²) in [5, 5.41) is 14.8. The number of para-hydroxylation sites is 1. The third-order valence-corrected chi connectivity index (χ3v) is 2.60. The first-order valence-electron chi connectivity index (χ1n) is 5.73. The largest absolute Gasteiger partial charge is 0.409 e. The second-order valence-electron chi connectivity index (χ2n) is 4.15. The minimum absolute atomic E-state index is 0.137. The van der Waals surface area contributed by atoms with Gasteiger partial charge in [0.2, 0.25) is 5.91 Å². The highest BCUT2D eigenvalue weighted by Gasteiger charge is 2.08. The number of hydrogen-bond acceptors (Lipinski definition) is 4. The molecule has 1 heterocycles. The van der Waals surface area contributed by atoms with Gasteiger partial charge in [0.15, 0.2) is 0 Å². The monoisotopic (exact) mass is 258 g/mol. The Balaban J connectivity index is 2.30. The summed E-state index contributed by atoms with van der Waals surface area (Å²) in [6, 6.07) is 9.36. The molecule has 0 atom stereocenters. The number of oxime groups is 1. The van der Waals surface area contributed by atoms with Crippen molar-refractivity contribution in [2.45, 2.75) is 13.3 Å². The predicted molar refractivity (Wildman–Crippen MR) is 73.1 cm³/mol. The van der Waals surface area contributed by atoms with Crippen molar-refractivity contribution < 1.29 is 10.0 Å².